The van der Waals surface area contributed by atoms with E-state index in [0.717, 1.165) is 18.3 Å². The number of carbonyl (C=O) groups is 1. The van der Waals surface area contributed by atoms with Crippen molar-refractivity contribution in [3.63, 3.8) is 0 Å². The number of imidazole rings is 1. The second-order valence-electron chi connectivity index (χ2n) is 7.54. The summed E-state index contributed by atoms with van der Waals surface area (Å²) in [5.74, 6) is -0.658. The zero-order chi connectivity index (χ0) is 22.1. The molecule has 8 nitrogen and oxygen atoms in total. The number of nitrogens with zero attached hydrogens (tertiary/aromatic N) is 5. The van der Waals surface area contributed by atoms with Crippen LogP contribution in [0.5, 0.6) is 0 Å². The smallest absolute Gasteiger partial charge is 0.291 e. The van der Waals surface area contributed by atoms with Gasteiger partial charge >= 0.3 is 0 Å². The van der Waals surface area contributed by atoms with E-state index in [2.05, 4.69) is 9.97 Å². The SMILES string of the molecule is Cn1ccnc1CC1CN(C(=O)Cc2nc(-c3ccc(F)cc3F)ccc2[N+](=O)[O-])C1. The van der Waals surface area contributed by atoms with Gasteiger partial charge in [0.1, 0.15) is 23.2 Å². The number of hydrogen-bond acceptors (Lipinski definition) is 5. The summed E-state index contributed by atoms with van der Waals surface area (Å²) >= 11 is 0. The predicted octanol–water partition coefficient (Wildman–Crippen LogP) is 2.91. The highest BCUT2D eigenvalue weighted by Crippen LogP contribution is 2.27. The van der Waals surface area contributed by atoms with Crippen LogP contribution >= 0.6 is 0 Å². The molecule has 1 saturated heterocycles. The van der Waals surface area contributed by atoms with E-state index in [1.165, 1.54) is 18.2 Å². The third-order valence-electron chi connectivity index (χ3n) is 5.37. The van der Waals surface area contributed by atoms with Gasteiger partial charge in [-0.3, -0.25) is 14.9 Å². The van der Waals surface area contributed by atoms with E-state index < -0.39 is 16.6 Å². The first-order valence-corrected chi connectivity index (χ1v) is 9.65. The molecule has 160 valence electrons. The molecule has 10 heteroatoms. The van der Waals surface area contributed by atoms with Crippen LogP contribution in [-0.2, 0) is 24.7 Å². The van der Waals surface area contributed by atoms with Gasteiger partial charge in [-0.2, -0.15) is 0 Å². The Morgan fingerprint density at radius 2 is 2.03 bits per heavy atom. The lowest BCUT2D eigenvalue weighted by Crippen LogP contribution is -2.51. The molecule has 3 aromatic rings. The summed E-state index contributed by atoms with van der Waals surface area (Å²) in [5.41, 5.74) is -0.264. The number of nitro groups is 1. The van der Waals surface area contributed by atoms with Crippen LogP contribution < -0.4 is 0 Å². The van der Waals surface area contributed by atoms with Gasteiger partial charge in [0, 0.05) is 62.6 Å². The molecule has 0 aliphatic carbocycles. The van der Waals surface area contributed by atoms with Crippen molar-refractivity contribution in [1.82, 2.24) is 19.4 Å². The van der Waals surface area contributed by atoms with Crippen LogP contribution in [0.2, 0.25) is 0 Å². The normalized spacial score (nSPS) is 13.8. The fraction of sp³-hybridized carbons (Fsp3) is 0.286. The second kappa shape index (κ2) is 8.21. The number of aryl methyl sites for hydroxylation is 1. The highest BCUT2D eigenvalue weighted by atomic mass is 19.1. The molecule has 31 heavy (non-hydrogen) atoms. The van der Waals surface area contributed by atoms with E-state index in [-0.39, 0.29) is 40.9 Å². The number of hydrogen-bond donors (Lipinski definition) is 0. The molecule has 1 aromatic carbocycles. The van der Waals surface area contributed by atoms with Crippen LogP contribution in [0.4, 0.5) is 14.5 Å². The largest absolute Gasteiger partial charge is 0.342 e. The van der Waals surface area contributed by atoms with Gasteiger partial charge in [-0.25, -0.2) is 18.7 Å². The Labute approximate surface area is 176 Å². The maximum atomic E-state index is 14.1. The number of amides is 1. The van der Waals surface area contributed by atoms with Gasteiger partial charge < -0.3 is 9.47 Å². The molecule has 0 saturated carbocycles. The topological polar surface area (TPSA) is 94.2 Å². The van der Waals surface area contributed by atoms with E-state index in [1.54, 1.807) is 11.1 Å². The van der Waals surface area contributed by atoms with Crippen molar-refractivity contribution in [2.24, 2.45) is 13.0 Å². The molecule has 1 aliphatic heterocycles. The van der Waals surface area contributed by atoms with Gasteiger partial charge in [0.15, 0.2) is 0 Å². The summed E-state index contributed by atoms with van der Waals surface area (Å²) in [6.45, 7) is 1.07. The van der Waals surface area contributed by atoms with Crippen molar-refractivity contribution in [1.29, 1.82) is 0 Å². The zero-order valence-electron chi connectivity index (χ0n) is 16.7. The van der Waals surface area contributed by atoms with E-state index in [4.69, 9.17) is 0 Å². The van der Waals surface area contributed by atoms with Gasteiger partial charge in [-0.15, -0.1) is 0 Å². The lowest BCUT2D eigenvalue weighted by atomic mass is 9.95. The number of aromatic nitrogens is 3. The molecule has 1 aliphatic rings. The van der Waals surface area contributed by atoms with Gasteiger partial charge in [-0.1, -0.05) is 0 Å². The third kappa shape index (κ3) is 4.27. The lowest BCUT2D eigenvalue weighted by molar-refractivity contribution is -0.385. The molecule has 0 N–H and O–H groups in total. The molecule has 3 heterocycles. The third-order valence-corrected chi connectivity index (χ3v) is 5.37. The fourth-order valence-electron chi connectivity index (χ4n) is 3.65. The number of benzene rings is 1. The second-order valence-corrected chi connectivity index (χ2v) is 7.54. The average Bonchev–Trinajstić information content (AvgIpc) is 3.08. The van der Waals surface area contributed by atoms with Crippen LogP contribution in [0.15, 0.2) is 42.7 Å². The summed E-state index contributed by atoms with van der Waals surface area (Å²) in [6.07, 6.45) is 4.05. The number of pyridine rings is 1. The van der Waals surface area contributed by atoms with E-state index >= 15 is 0 Å². The molecule has 0 unspecified atom stereocenters. The maximum Gasteiger partial charge on any atom is 0.291 e. The van der Waals surface area contributed by atoms with Crippen LogP contribution in [-0.4, -0.2) is 43.4 Å². The Kier molecular flexibility index (Phi) is 5.45. The van der Waals surface area contributed by atoms with E-state index in [0.29, 0.717) is 19.2 Å². The molecule has 2 aromatic heterocycles. The minimum absolute atomic E-state index is 0.00378. The number of likely N-dealkylation sites (tertiary alicyclic amines) is 1. The Balaban J connectivity index is 1.48. The van der Waals surface area contributed by atoms with Crippen LogP contribution in [0.3, 0.4) is 0 Å². The summed E-state index contributed by atoms with van der Waals surface area (Å²) in [6, 6.07) is 5.48. The monoisotopic (exact) mass is 427 g/mol. The fourth-order valence-corrected chi connectivity index (χ4v) is 3.65. The Morgan fingerprint density at radius 1 is 1.26 bits per heavy atom. The summed E-state index contributed by atoms with van der Waals surface area (Å²) in [7, 11) is 1.91. The van der Waals surface area contributed by atoms with Gasteiger partial charge in [0.25, 0.3) is 5.69 Å². The van der Waals surface area contributed by atoms with Gasteiger partial charge in [0.05, 0.1) is 17.0 Å². The maximum absolute atomic E-state index is 14.1. The van der Waals surface area contributed by atoms with E-state index in [9.17, 15) is 23.7 Å². The molecule has 1 amide bonds. The van der Waals surface area contributed by atoms with Crippen LogP contribution in [0.1, 0.15) is 11.5 Å². The Hall–Kier alpha value is -3.69. The van der Waals surface area contributed by atoms with Crippen molar-refractivity contribution in [3.8, 4) is 11.3 Å². The van der Waals surface area contributed by atoms with Gasteiger partial charge in [0.2, 0.25) is 5.91 Å². The van der Waals surface area contributed by atoms with Crippen LogP contribution in [0, 0.1) is 27.7 Å². The Morgan fingerprint density at radius 3 is 2.68 bits per heavy atom. The number of rotatable bonds is 6. The van der Waals surface area contributed by atoms with Crippen molar-refractivity contribution in [2.75, 3.05) is 13.1 Å². The van der Waals surface area contributed by atoms with Crippen molar-refractivity contribution < 1.29 is 18.5 Å². The molecular weight excluding hydrogens is 408 g/mol. The molecule has 4 rings (SSSR count). The minimum Gasteiger partial charge on any atom is -0.342 e. The highest BCUT2D eigenvalue weighted by molar-refractivity contribution is 5.80. The number of carbonyl (C=O) groups excluding carboxylic acids is 1. The minimum atomic E-state index is -0.835. The number of halogens is 2. The predicted molar refractivity (Wildman–Crippen MR) is 107 cm³/mol. The van der Waals surface area contributed by atoms with Crippen molar-refractivity contribution >= 4 is 11.6 Å². The van der Waals surface area contributed by atoms with Crippen molar-refractivity contribution in [2.45, 2.75) is 12.8 Å². The summed E-state index contributed by atoms with van der Waals surface area (Å²) in [4.78, 5) is 33.5. The molecule has 0 atom stereocenters. The Bertz CT molecular complexity index is 1160. The first kappa shape index (κ1) is 20.6. The summed E-state index contributed by atoms with van der Waals surface area (Å²) < 4.78 is 29.2. The quantitative estimate of drug-likeness (QED) is 0.445. The average molecular weight is 427 g/mol. The summed E-state index contributed by atoms with van der Waals surface area (Å²) in [5, 5.41) is 11.4. The van der Waals surface area contributed by atoms with Crippen molar-refractivity contribution in [3.05, 3.63) is 76.0 Å². The molecular formula is C21H19F2N5O3. The zero-order valence-corrected chi connectivity index (χ0v) is 16.7. The molecule has 0 radical (unpaired) electrons. The molecule has 0 bridgehead atoms. The van der Waals surface area contributed by atoms with E-state index in [1.807, 2.05) is 17.8 Å². The van der Waals surface area contributed by atoms with Gasteiger partial charge in [-0.05, 0) is 18.2 Å². The first-order chi connectivity index (χ1) is 14.8. The standard InChI is InChI=1S/C21H19F2N5O3/c1-26-7-6-24-20(26)8-13-11-27(12-13)21(29)10-18-19(28(30)31)5-4-17(25-18)15-3-2-14(22)9-16(15)23/h2-7,9,13H,8,10-12H2,1H3. The molecule has 1 fully saturated rings. The highest BCUT2D eigenvalue weighted by Gasteiger charge is 2.32. The molecule has 0 spiro atoms. The first-order valence-electron chi connectivity index (χ1n) is 9.65. The lowest BCUT2D eigenvalue weighted by Gasteiger charge is -2.39. The van der Waals surface area contributed by atoms with Crippen LogP contribution in [0.25, 0.3) is 11.3 Å².